The van der Waals surface area contributed by atoms with Crippen LogP contribution in [0.3, 0.4) is 0 Å². The standard InChI is InChI=1S/C52H35N3/c1-3-14-34(15-4-1)36-26-30-38(31-27-36)49-53-50(39-32-28-37(29-33-39)35-16-5-2-6-17-35)55-51(54-49)44-22-13-21-43-42-20-9-12-25-47(42)52(48(43)44)45-23-10-7-18-40(45)41-19-8-11-24-46(41)52/h1-33,49H,(H,53,54,55). The van der Waals surface area contributed by atoms with Crippen LogP contribution in [0.1, 0.15) is 45.1 Å². The molecule has 1 atom stereocenters. The summed E-state index contributed by atoms with van der Waals surface area (Å²) in [5.74, 6) is 1.62. The molecular formula is C52H35N3. The maximum atomic E-state index is 5.49. The first-order valence-electron chi connectivity index (χ1n) is 18.9. The van der Waals surface area contributed by atoms with E-state index in [9.17, 15) is 0 Å². The van der Waals surface area contributed by atoms with Gasteiger partial charge in [0.1, 0.15) is 11.7 Å². The molecule has 1 unspecified atom stereocenters. The molecule has 8 aromatic carbocycles. The molecule has 0 amide bonds. The van der Waals surface area contributed by atoms with Gasteiger partial charge in [-0.25, -0.2) is 9.98 Å². The van der Waals surface area contributed by atoms with E-state index in [1.807, 2.05) is 0 Å². The highest BCUT2D eigenvalue weighted by molar-refractivity contribution is 6.18. The number of nitrogens with one attached hydrogen (secondary N) is 1. The molecule has 1 heterocycles. The van der Waals surface area contributed by atoms with E-state index < -0.39 is 11.6 Å². The summed E-state index contributed by atoms with van der Waals surface area (Å²) >= 11 is 0. The Morgan fingerprint density at radius 2 is 0.727 bits per heavy atom. The summed E-state index contributed by atoms with van der Waals surface area (Å²) in [5, 5.41) is 3.79. The van der Waals surface area contributed by atoms with Crippen LogP contribution in [0.2, 0.25) is 0 Å². The average Bonchev–Trinajstić information content (AvgIpc) is 3.75. The third-order valence-electron chi connectivity index (χ3n) is 11.6. The van der Waals surface area contributed by atoms with Gasteiger partial charge in [0.25, 0.3) is 0 Å². The van der Waals surface area contributed by atoms with Crippen LogP contribution in [0.5, 0.6) is 0 Å². The van der Waals surface area contributed by atoms with Crippen molar-refractivity contribution in [3.63, 3.8) is 0 Å². The van der Waals surface area contributed by atoms with Crippen molar-refractivity contribution in [3.05, 3.63) is 239 Å². The smallest absolute Gasteiger partial charge is 0.169 e. The molecule has 1 aliphatic heterocycles. The monoisotopic (exact) mass is 701 g/mol. The minimum atomic E-state index is -0.501. The number of aliphatic imine (C=N–C) groups is 2. The van der Waals surface area contributed by atoms with Crippen LogP contribution in [-0.2, 0) is 5.41 Å². The van der Waals surface area contributed by atoms with Crippen molar-refractivity contribution >= 4 is 11.7 Å². The lowest BCUT2D eigenvalue weighted by Crippen LogP contribution is -2.38. The van der Waals surface area contributed by atoms with E-state index in [2.05, 4.69) is 206 Å². The van der Waals surface area contributed by atoms with E-state index >= 15 is 0 Å². The van der Waals surface area contributed by atoms with Crippen LogP contribution in [0.4, 0.5) is 0 Å². The van der Waals surface area contributed by atoms with E-state index in [0.29, 0.717) is 0 Å². The molecule has 0 aromatic heterocycles. The normalized spacial score (nSPS) is 15.6. The van der Waals surface area contributed by atoms with Crippen LogP contribution in [0.15, 0.2) is 210 Å². The Bertz CT molecular complexity index is 2750. The van der Waals surface area contributed by atoms with Gasteiger partial charge in [0.15, 0.2) is 6.17 Å². The first-order valence-corrected chi connectivity index (χ1v) is 18.9. The highest BCUT2D eigenvalue weighted by Crippen LogP contribution is 2.63. The second-order valence-corrected chi connectivity index (χ2v) is 14.5. The molecule has 8 aromatic rings. The Kier molecular flexibility index (Phi) is 7.14. The lowest BCUT2D eigenvalue weighted by atomic mass is 9.69. The summed E-state index contributed by atoms with van der Waals surface area (Å²) in [4.78, 5) is 10.8. The molecule has 1 N–H and O–H groups in total. The zero-order valence-corrected chi connectivity index (χ0v) is 30.0. The fourth-order valence-electron chi connectivity index (χ4n) is 9.16. The summed E-state index contributed by atoms with van der Waals surface area (Å²) < 4.78 is 0. The Balaban J connectivity index is 1.10. The molecule has 0 fully saturated rings. The molecule has 0 radical (unpaired) electrons. The van der Waals surface area contributed by atoms with Gasteiger partial charge in [-0.15, -0.1) is 0 Å². The highest BCUT2D eigenvalue weighted by Gasteiger charge is 2.53. The fraction of sp³-hybridized carbons (Fsp3) is 0.0385. The predicted octanol–water partition coefficient (Wildman–Crippen LogP) is 11.9. The molecule has 0 saturated carbocycles. The average molecular weight is 702 g/mol. The zero-order valence-electron chi connectivity index (χ0n) is 30.0. The second kappa shape index (κ2) is 12.5. The van der Waals surface area contributed by atoms with Crippen LogP contribution < -0.4 is 5.32 Å². The maximum absolute atomic E-state index is 5.49. The topological polar surface area (TPSA) is 36.8 Å². The number of fused-ring (bicyclic) bond motifs is 10. The van der Waals surface area contributed by atoms with Gasteiger partial charge in [-0.3, -0.25) is 0 Å². The predicted molar refractivity (Wildman–Crippen MR) is 225 cm³/mol. The fourth-order valence-corrected chi connectivity index (χ4v) is 9.16. The number of hydrogen-bond donors (Lipinski definition) is 1. The molecule has 0 saturated heterocycles. The van der Waals surface area contributed by atoms with Gasteiger partial charge < -0.3 is 5.32 Å². The largest absolute Gasteiger partial charge is 0.324 e. The summed E-state index contributed by atoms with van der Waals surface area (Å²) in [7, 11) is 0. The lowest BCUT2D eigenvalue weighted by molar-refractivity contribution is 0.751. The lowest BCUT2D eigenvalue weighted by Gasteiger charge is -2.33. The van der Waals surface area contributed by atoms with E-state index in [-0.39, 0.29) is 0 Å². The highest BCUT2D eigenvalue weighted by atomic mass is 15.2. The van der Waals surface area contributed by atoms with Crippen LogP contribution in [0, 0.1) is 0 Å². The quantitative estimate of drug-likeness (QED) is 0.191. The molecule has 3 aliphatic rings. The number of amidine groups is 2. The molecule has 3 nitrogen and oxygen atoms in total. The minimum Gasteiger partial charge on any atom is -0.324 e. The summed E-state index contributed by atoms with van der Waals surface area (Å²) in [6, 6.07) is 72.0. The Hall–Kier alpha value is -7.10. The number of benzene rings is 8. The van der Waals surface area contributed by atoms with Gasteiger partial charge >= 0.3 is 0 Å². The Labute approximate surface area is 321 Å². The summed E-state index contributed by atoms with van der Waals surface area (Å²) in [6.45, 7) is 0. The zero-order chi connectivity index (χ0) is 36.3. The van der Waals surface area contributed by atoms with Crippen molar-refractivity contribution in [2.24, 2.45) is 9.98 Å². The molecule has 2 aliphatic carbocycles. The molecular weight excluding hydrogens is 667 g/mol. The number of hydrogen-bond acceptors (Lipinski definition) is 3. The van der Waals surface area contributed by atoms with E-state index in [4.69, 9.17) is 9.98 Å². The molecule has 1 spiro atoms. The first kappa shape index (κ1) is 31.4. The molecule has 55 heavy (non-hydrogen) atoms. The van der Waals surface area contributed by atoms with Gasteiger partial charge in [0.05, 0.1) is 5.41 Å². The van der Waals surface area contributed by atoms with Gasteiger partial charge in [-0.05, 0) is 72.3 Å². The van der Waals surface area contributed by atoms with Gasteiger partial charge in [-0.2, -0.15) is 0 Å². The minimum absolute atomic E-state index is 0.441. The van der Waals surface area contributed by atoms with Crippen molar-refractivity contribution < 1.29 is 0 Å². The van der Waals surface area contributed by atoms with Gasteiger partial charge in [-0.1, -0.05) is 200 Å². The van der Waals surface area contributed by atoms with E-state index in [1.165, 1.54) is 66.8 Å². The molecule has 11 rings (SSSR count). The third kappa shape index (κ3) is 4.83. The molecule has 3 heteroatoms. The number of nitrogens with zero attached hydrogens (tertiary/aromatic N) is 2. The number of rotatable bonds is 5. The van der Waals surface area contributed by atoms with Crippen LogP contribution >= 0.6 is 0 Å². The van der Waals surface area contributed by atoms with Crippen molar-refractivity contribution in [2.75, 3.05) is 0 Å². The van der Waals surface area contributed by atoms with Gasteiger partial charge in [0, 0.05) is 11.1 Å². The second-order valence-electron chi connectivity index (χ2n) is 14.5. The van der Waals surface area contributed by atoms with E-state index in [0.717, 1.165) is 28.4 Å². The van der Waals surface area contributed by atoms with Crippen molar-refractivity contribution in [3.8, 4) is 44.5 Å². The maximum Gasteiger partial charge on any atom is 0.169 e. The molecule has 258 valence electrons. The van der Waals surface area contributed by atoms with Crippen LogP contribution in [-0.4, -0.2) is 11.7 Å². The van der Waals surface area contributed by atoms with Crippen LogP contribution in [0.25, 0.3) is 44.5 Å². The Morgan fingerprint density at radius 1 is 0.327 bits per heavy atom. The van der Waals surface area contributed by atoms with Crippen molar-refractivity contribution in [1.82, 2.24) is 5.32 Å². The van der Waals surface area contributed by atoms with Crippen molar-refractivity contribution in [2.45, 2.75) is 11.6 Å². The summed E-state index contributed by atoms with van der Waals surface area (Å²) in [6.07, 6.45) is -0.441. The Morgan fingerprint density at radius 3 is 1.29 bits per heavy atom. The summed E-state index contributed by atoms with van der Waals surface area (Å²) in [5.41, 5.74) is 17.6. The first-order chi connectivity index (χ1) is 27.3. The van der Waals surface area contributed by atoms with Crippen molar-refractivity contribution in [1.29, 1.82) is 0 Å². The van der Waals surface area contributed by atoms with E-state index in [1.54, 1.807) is 0 Å². The SMILES string of the molecule is c1ccc(-c2ccc(C3=NC(c4ccc(-c5ccccc5)cc4)N=C(c4cccc5c4C4(c6ccccc6-c6ccccc64)c4ccccc4-5)N3)cc2)cc1. The molecule has 0 bridgehead atoms. The third-order valence-corrected chi connectivity index (χ3v) is 11.6. The van der Waals surface area contributed by atoms with Gasteiger partial charge in [0.2, 0.25) is 0 Å².